The summed E-state index contributed by atoms with van der Waals surface area (Å²) in [5.41, 5.74) is 0.319. The molecule has 0 unspecified atom stereocenters. The zero-order valence-electron chi connectivity index (χ0n) is 11.1. The molecule has 0 spiro atoms. The van der Waals surface area contributed by atoms with Gasteiger partial charge in [-0.05, 0) is 36.6 Å². The van der Waals surface area contributed by atoms with Crippen LogP contribution in [0.3, 0.4) is 0 Å². The Bertz CT molecular complexity index is 499. The first-order chi connectivity index (χ1) is 9.49. The molecule has 0 heterocycles. The van der Waals surface area contributed by atoms with Crippen LogP contribution in [0.25, 0.3) is 0 Å². The second-order valence-electron chi connectivity index (χ2n) is 3.95. The molecule has 0 fully saturated rings. The fraction of sp³-hybridized carbons (Fsp3) is 0.385. The smallest absolute Gasteiger partial charge is 0.328 e. The Balaban J connectivity index is 2.84. The quantitative estimate of drug-likeness (QED) is 0.770. The van der Waals surface area contributed by atoms with E-state index in [4.69, 9.17) is 16.3 Å². The topological polar surface area (TPSA) is 55.4 Å². The summed E-state index contributed by atoms with van der Waals surface area (Å²) in [6, 6.07) is 4.30. The van der Waals surface area contributed by atoms with Crippen molar-refractivity contribution < 1.29 is 14.3 Å². The lowest BCUT2D eigenvalue weighted by Crippen LogP contribution is -2.42. The normalized spacial score (nSPS) is 11.8. The van der Waals surface area contributed by atoms with Crippen LogP contribution in [0, 0.1) is 0 Å². The average Bonchev–Trinajstić information content (AvgIpc) is 2.44. The van der Waals surface area contributed by atoms with E-state index in [0.29, 0.717) is 17.0 Å². The van der Waals surface area contributed by atoms with E-state index in [1.165, 1.54) is 7.11 Å². The van der Waals surface area contributed by atoms with Crippen LogP contribution in [0.1, 0.15) is 16.8 Å². The highest BCUT2D eigenvalue weighted by Gasteiger charge is 2.22. The highest BCUT2D eigenvalue weighted by molar-refractivity contribution is 9.10. The van der Waals surface area contributed by atoms with E-state index >= 15 is 0 Å². The second-order valence-corrected chi connectivity index (χ2v) is 6.26. The molecule has 1 aromatic rings. The van der Waals surface area contributed by atoms with Gasteiger partial charge in [0.15, 0.2) is 0 Å². The fourth-order valence-electron chi connectivity index (χ4n) is 1.53. The van der Waals surface area contributed by atoms with Crippen LogP contribution in [0.2, 0.25) is 5.02 Å². The van der Waals surface area contributed by atoms with Crippen molar-refractivity contribution in [2.24, 2.45) is 0 Å². The lowest BCUT2D eigenvalue weighted by Gasteiger charge is -2.16. The number of rotatable bonds is 6. The lowest BCUT2D eigenvalue weighted by molar-refractivity contribution is -0.142. The Labute approximate surface area is 135 Å². The van der Waals surface area contributed by atoms with E-state index in [0.717, 1.165) is 10.2 Å². The molecular formula is C13H15BrClNO3S. The van der Waals surface area contributed by atoms with Crippen molar-refractivity contribution in [1.82, 2.24) is 5.32 Å². The molecule has 0 aromatic heterocycles. The molecule has 1 N–H and O–H groups in total. The van der Waals surface area contributed by atoms with Gasteiger partial charge in [0.2, 0.25) is 0 Å². The van der Waals surface area contributed by atoms with Crippen molar-refractivity contribution in [1.29, 1.82) is 0 Å². The molecule has 0 radical (unpaired) electrons. The van der Waals surface area contributed by atoms with Gasteiger partial charge in [-0.2, -0.15) is 11.8 Å². The molecule has 4 nitrogen and oxygen atoms in total. The highest BCUT2D eigenvalue weighted by Crippen LogP contribution is 2.21. The van der Waals surface area contributed by atoms with Crippen molar-refractivity contribution >= 4 is 51.2 Å². The molecule has 0 saturated heterocycles. The summed E-state index contributed by atoms with van der Waals surface area (Å²) in [5.74, 6) is -0.113. The van der Waals surface area contributed by atoms with Crippen LogP contribution in [0.15, 0.2) is 22.7 Å². The van der Waals surface area contributed by atoms with E-state index in [2.05, 4.69) is 21.2 Å². The summed E-state index contributed by atoms with van der Waals surface area (Å²) in [5, 5.41) is 2.99. The molecule has 1 aromatic carbocycles. The van der Waals surface area contributed by atoms with E-state index in [9.17, 15) is 9.59 Å². The number of amides is 1. The Kier molecular flexibility index (Phi) is 7.40. The van der Waals surface area contributed by atoms with Crippen LogP contribution >= 0.6 is 39.3 Å². The van der Waals surface area contributed by atoms with E-state index in [-0.39, 0.29) is 0 Å². The van der Waals surface area contributed by atoms with Crippen molar-refractivity contribution in [2.45, 2.75) is 12.5 Å². The largest absolute Gasteiger partial charge is 0.467 e. The minimum Gasteiger partial charge on any atom is -0.467 e. The number of hydrogen-bond acceptors (Lipinski definition) is 4. The first kappa shape index (κ1) is 17.3. The Hall–Kier alpha value is -0.720. The van der Waals surface area contributed by atoms with Gasteiger partial charge < -0.3 is 10.1 Å². The molecular weight excluding hydrogens is 366 g/mol. The van der Waals surface area contributed by atoms with Gasteiger partial charge in [-0.25, -0.2) is 4.79 Å². The SMILES string of the molecule is COC(=O)[C@H](CCSC)NC(=O)c1cc(Br)ccc1Cl. The summed E-state index contributed by atoms with van der Waals surface area (Å²) >= 11 is 10.9. The molecule has 20 heavy (non-hydrogen) atoms. The van der Waals surface area contributed by atoms with Crippen LogP contribution in [-0.4, -0.2) is 37.0 Å². The third kappa shape index (κ3) is 5.00. The number of hydrogen-bond donors (Lipinski definition) is 1. The van der Waals surface area contributed by atoms with Crippen molar-refractivity contribution in [3.63, 3.8) is 0 Å². The van der Waals surface area contributed by atoms with Gasteiger partial charge in [0.25, 0.3) is 5.91 Å². The van der Waals surface area contributed by atoms with Gasteiger partial charge in [-0.15, -0.1) is 0 Å². The minimum atomic E-state index is -0.671. The lowest BCUT2D eigenvalue weighted by atomic mass is 10.1. The zero-order valence-corrected chi connectivity index (χ0v) is 14.3. The van der Waals surface area contributed by atoms with Gasteiger partial charge in [-0.1, -0.05) is 27.5 Å². The number of methoxy groups -OCH3 is 1. The number of nitrogens with one attached hydrogen (secondary N) is 1. The number of benzene rings is 1. The first-order valence-electron chi connectivity index (χ1n) is 5.82. The molecule has 1 atom stereocenters. The minimum absolute atomic E-state index is 0.319. The van der Waals surface area contributed by atoms with Crippen LogP contribution in [0.4, 0.5) is 0 Å². The molecule has 0 aliphatic carbocycles. The molecule has 0 saturated carbocycles. The van der Waals surface area contributed by atoms with Crippen molar-refractivity contribution in [2.75, 3.05) is 19.1 Å². The zero-order chi connectivity index (χ0) is 15.1. The predicted octanol–water partition coefficient (Wildman–Crippen LogP) is 3.13. The number of carbonyl (C=O) groups is 2. The molecule has 110 valence electrons. The van der Waals surface area contributed by atoms with Gasteiger partial charge in [0.05, 0.1) is 17.7 Å². The molecule has 0 aliphatic rings. The third-order valence-electron chi connectivity index (χ3n) is 2.57. The maximum absolute atomic E-state index is 12.2. The van der Waals surface area contributed by atoms with Crippen LogP contribution in [-0.2, 0) is 9.53 Å². The highest BCUT2D eigenvalue weighted by atomic mass is 79.9. The monoisotopic (exact) mass is 379 g/mol. The molecule has 1 amide bonds. The maximum Gasteiger partial charge on any atom is 0.328 e. The number of thioether (sulfide) groups is 1. The van der Waals surface area contributed by atoms with Gasteiger partial charge in [-0.3, -0.25) is 4.79 Å². The van der Waals surface area contributed by atoms with Crippen LogP contribution < -0.4 is 5.32 Å². The van der Waals surface area contributed by atoms with E-state index in [1.54, 1.807) is 30.0 Å². The van der Waals surface area contributed by atoms with Gasteiger partial charge in [0, 0.05) is 4.47 Å². The van der Waals surface area contributed by atoms with Gasteiger partial charge in [0.1, 0.15) is 6.04 Å². The predicted molar refractivity (Wildman–Crippen MR) is 85.4 cm³/mol. The van der Waals surface area contributed by atoms with Crippen molar-refractivity contribution in [3.8, 4) is 0 Å². The number of carbonyl (C=O) groups excluding carboxylic acids is 2. The Morgan fingerprint density at radius 2 is 2.20 bits per heavy atom. The fourth-order valence-corrected chi connectivity index (χ4v) is 2.57. The van der Waals surface area contributed by atoms with Crippen LogP contribution in [0.5, 0.6) is 0 Å². The van der Waals surface area contributed by atoms with Crippen molar-refractivity contribution in [3.05, 3.63) is 33.3 Å². The van der Waals surface area contributed by atoms with E-state index in [1.807, 2.05) is 6.26 Å². The standard InChI is InChI=1S/C13H15BrClNO3S/c1-19-13(18)11(5-6-20-2)16-12(17)9-7-8(14)3-4-10(9)15/h3-4,7,11H,5-6H2,1-2H3,(H,16,17)/t11-/m0/s1. The Morgan fingerprint density at radius 1 is 1.50 bits per heavy atom. The number of esters is 1. The molecule has 0 aliphatic heterocycles. The number of halogens is 2. The Morgan fingerprint density at radius 3 is 2.80 bits per heavy atom. The summed E-state index contributed by atoms with van der Waals surface area (Å²) in [6.45, 7) is 0. The molecule has 0 bridgehead atoms. The first-order valence-corrected chi connectivity index (χ1v) is 8.38. The third-order valence-corrected chi connectivity index (χ3v) is 4.04. The summed E-state index contributed by atoms with van der Waals surface area (Å²) in [7, 11) is 1.30. The van der Waals surface area contributed by atoms with E-state index < -0.39 is 17.9 Å². The molecule has 7 heteroatoms. The average molecular weight is 381 g/mol. The number of ether oxygens (including phenoxy) is 1. The second kappa shape index (κ2) is 8.54. The molecule has 1 rings (SSSR count). The summed E-state index contributed by atoms with van der Waals surface area (Å²) < 4.78 is 5.44. The van der Waals surface area contributed by atoms with Gasteiger partial charge >= 0.3 is 5.97 Å². The summed E-state index contributed by atoms with van der Waals surface area (Å²) in [4.78, 5) is 23.8. The summed E-state index contributed by atoms with van der Waals surface area (Å²) in [6.07, 6.45) is 2.44. The maximum atomic E-state index is 12.2.